The number of nitrogens with zero attached hydrogens (tertiary/aromatic N) is 3. The molecule has 4 heterocycles. The first-order valence-electron chi connectivity index (χ1n) is 36.1. The Morgan fingerprint density at radius 1 is 0.379 bits per heavy atom. The van der Waals surface area contributed by atoms with Crippen LogP contribution in [-0.4, -0.2) is 108 Å². The van der Waals surface area contributed by atoms with E-state index in [2.05, 4.69) is 72.9 Å². The van der Waals surface area contributed by atoms with Crippen molar-refractivity contribution < 1.29 is 48.4 Å². The molecule has 9 aromatic carbocycles. The number of rotatable bonds is 18. The molecular formula is C89H98N4O10. The van der Waals surface area contributed by atoms with Crippen molar-refractivity contribution in [3.63, 3.8) is 0 Å². The Morgan fingerprint density at radius 2 is 0.718 bits per heavy atom. The van der Waals surface area contributed by atoms with E-state index in [0.29, 0.717) is 69.9 Å². The summed E-state index contributed by atoms with van der Waals surface area (Å²) in [7, 11) is 0. The Morgan fingerprint density at radius 3 is 1.14 bits per heavy atom. The minimum atomic E-state index is -0.865. The quantitative estimate of drug-likeness (QED) is 0.0697. The Kier molecular flexibility index (Phi) is 27.9. The average molecular weight is 1380 g/mol. The zero-order valence-electron chi connectivity index (χ0n) is 59.5. The molecule has 0 spiro atoms. The van der Waals surface area contributed by atoms with Crippen molar-refractivity contribution >= 4 is 29.8 Å². The van der Waals surface area contributed by atoms with Crippen molar-refractivity contribution in [2.75, 3.05) is 0 Å². The van der Waals surface area contributed by atoms with E-state index in [1.807, 2.05) is 231 Å². The maximum atomic E-state index is 13.2. The minimum absolute atomic E-state index is 0.0306. The summed E-state index contributed by atoms with van der Waals surface area (Å²) in [5, 5.41) is 26.3. The molecule has 4 aliphatic rings. The highest BCUT2D eigenvalue weighted by Crippen LogP contribution is 2.37. The molecule has 3 amide bonds. The zero-order chi connectivity index (χ0) is 72.2. The van der Waals surface area contributed by atoms with Crippen molar-refractivity contribution in [3.05, 3.63) is 335 Å². The molecule has 0 bridgehead atoms. The Hall–Kier alpha value is -10.3. The van der Waals surface area contributed by atoms with E-state index in [-0.39, 0.29) is 73.8 Å². The molecule has 1 unspecified atom stereocenters. The van der Waals surface area contributed by atoms with Gasteiger partial charge < -0.3 is 39.5 Å². The molecule has 9 aromatic rings. The van der Waals surface area contributed by atoms with Crippen molar-refractivity contribution in [1.82, 2.24) is 20.0 Å². The fourth-order valence-corrected chi connectivity index (χ4v) is 14.9. The molecule has 13 rings (SSSR count). The summed E-state index contributed by atoms with van der Waals surface area (Å²) in [4.78, 5) is 67.2. The largest absolute Gasteiger partial charge is 0.445 e. The van der Waals surface area contributed by atoms with E-state index < -0.39 is 17.3 Å². The zero-order valence-corrected chi connectivity index (χ0v) is 59.5. The number of carbonyl (C=O) groups is 5. The predicted molar refractivity (Wildman–Crippen MR) is 404 cm³/mol. The minimum Gasteiger partial charge on any atom is -0.445 e. The summed E-state index contributed by atoms with van der Waals surface area (Å²) in [6.45, 7) is 6.81. The molecule has 0 aliphatic carbocycles. The SMILES string of the molecule is C[C@@H]1CC(=O)C[C@H](Cc2ccccc2)N1C(=O)OCc1ccccc1.C[C@@H]1C[C@@](O)(Cc2ccccc2)C[C@H](Cc2ccccc2)N1.C[C@@H]1C[C@@](O)(Cc2ccccc2)C[C@H](Cc2ccccc2)N1C(=O)OCc1ccccc1.O=C1C=CN(C(=O)OCc2ccccc2)C(Cc2ccccc2)C1. The van der Waals surface area contributed by atoms with Crippen LogP contribution in [0.2, 0.25) is 0 Å². The van der Waals surface area contributed by atoms with Crippen LogP contribution in [0.25, 0.3) is 0 Å². The van der Waals surface area contributed by atoms with Gasteiger partial charge in [-0.1, -0.05) is 273 Å². The molecule has 4 aliphatic heterocycles. The lowest BCUT2D eigenvalue weighted by atomic mass is 9.77. The molecule has 14 nitrogen and oxygen atoms in total. The Balaban J connectivity index is 0.000000149. The molecule has 534 valence electrons. The van der Waals surface area contributed by atoms with Gasteiger partial charge in [0.25, 0.3) is 0 Å². The average Bonchev–Trinajstić information content (AvgIpc) is 0.786. The number of Topliss-reactive ketones (excluding diaryl/α,β-unsaturated/α-hetero) is 1. The maximum Gasteiger partial charge on any atom is 0.414 e. The first-order chi connectivity index (χ1) is 50.0. The number of piperidine rings is 3. The standard InChI is InChI=1S/C28H31NO3.C21H23NO3.C20H19NO3.C20H25NO/c1-22-18-28(31,19-24-13-7-3-8-14-24)20-26(17-23-11-5-2-6-12-23)29(22)27(30)32-21-25-15-9-4-10-16-25;1-16-12-20(23)14-19(13-17-8-4-2-5-9-17)22(16)21(24)25-15-18-10-6-3-7-11-18;22-19-11-12-21(18(14-19)13-16-7-3-1-4-8-16)20(23)24-15-17-9-5-2-6-10-17;1-16-13-20(22,14-18-10-6-3-7-11-18)15-19(21-16)12-17-8-4-2-5-9-17/h2-16,22,26,31H,17-21H2,1H3;2-11,16,19H,12-15H2,1H3;1-12,18H,13-15H2;2-11,16,19,21-22H,12-15H2,1H3/t22-,26+,28-;16-,19+;;16-,19+,20-/m11.1/s1. The summed E-state index contributed by atoms with van der Waals surface area (Å²) < 4.78 is 16.6. The number of ketones is 2. The Labute approximate surface area is 608 Å². The van der Waals surface area contributed by atoms with Crippen LogP contribution < -0.4 is 5.32 Å². The van der Waals surface area contributed by atoms with E-state index >= 15 is 0 Å². The first kappa shape index (κ1) is 75.4. The van der Waals surface area contributed by atoms with Crippen molar-refractivity contribution in [2.24, 2.45) is 0 Å². The van der Waals surface area contributed by atoms with Crippen molar-refractivity contribution in [2.45, 2.75) is 178 Å². The van der Waals surface area contributed by atoms with Crippen LogP contribution >= 0.6 is 0 Å². The fourth-order valence-electron chi connectivity index (χ4n) is 14.9. The number of amides is 3. The number of ether oxygens (including phenoxy) is 3. The van der Waals surface area contributed by atoms with Gasteiger partial charge in [-0.2, -0.15) is 0 Å². The molecule has 3 N–H and O–H groups in total. The molecule has 14 heteroatoms. The second-order valence-electron chi connectivity index (χ2n) is 28.0. The smallest absolute Gasteiger partial charge is 0.414 e. The monoisotopic (exact) mass is 1380 g/mol. The molecule has 0 saturated carbocycles. The number of nitrogens with one attached hydrogen (secondary N) is 1. The van der Waals surface area contributed by atoms with Gasteiger partial charge in [-0.25, -0.2) is 14.4 Å². The second kappa shape index (κ2) is 38.1. The van der Waals surface area contributed by atoms with E-state index in [4.69, 9.17) is 14.2 Å². The third-order valence-electron chi connectivity index (χ3n) is 19.4. The van der Waals surface area contributed by atoms with E-state index in [9.17, 15) is 34.2 Å². The molecule has 9 atom stereocenters. The van der Waals surface area contributed by atoms with Gasteiger partial charge in [0.15, 0.2) is 5.78 Å². The van der Waals surface area contributed by atoms with Crippen LogP contribution in [0.1, 0.15) is 116 Å². The van der Waals surface area contributed by atoms with Gasteiger partial charge in [0.1, 0.15) is 25.6 Å². The van der Waals surface area contributed by atoms with Crippen LogP contribution in [0.5, 0.6) is 0 Å². The van der Waals surface area contributed by atoms with Crippen LogP contribution in [0, 0.1) is 0 Å². The van der Waals surface area contributed by atoms with Crippen LogP contribution in [-0.2, 0) is 82.1 Å². The number of aliphatic hydroxyl groups is 2. The molecule has 3 saturated heterocycles. The second-order valence-corrected chi connectivity index (χ2v) is 28.0. The van der Waals surface area contributed by atoms with E-state index in [1.165, 1.54) is 28.3 Å². The first-order valence-corrected chi connectivity index (χ1v) is 36.1. The third kappa shape index (κ3) is 23.9. The summed E-state index contributed by atoms with van der Waals surface area (Å²) in [5.74, 6) is 0.239. The number of allylic oxidation sites excluding steroid dienone is 1. The van der Waals surface area contributed by atoms with Gasteiger partial charge in [-0.05, 0) is 128 Å². The van der Waals surface area contributed by atoms with Crippen LogP contribution in [0.3, 0.4) is 0 Å². The number of benzene rings is 9. The van der Waals surface area contributed by atoms with Crippen molar-refractivity contribution in [3.8, 4) is 0 Å². The maximum absolute atomic E-state index is 13.2. The van der Waals surface area contributed by atoms with Gasteiger partial charge in [0, 0.05) is 74.6 Å². The predicted octanol–water partition coefficient (Wildman–Crippen LogP) is 16.4. The highest BCUT2D eigenvalue weighted by atomic mass is 16.6. The van der Waals surface area contributed by atoms with Gasteiger partial charge in [0.2, 0.25) is 0 Å². The lowest BCUT2D eigenvalue weighted by Gasteiger charge is -2.47. The van der Waals surface area contributed by atoms with Gasteiger partial charge in [-0.3, -0.25) is 14.5 Å². The molecule has 3 fully saturated rings. The normalized spacial score (nSPS) is 22.1. The lowest BCUT2D eigenvalue weighted by Crippen LogP contribution is -2.58. The van der Waals surface area contributed by atoms with Gasteiger partial charge >= 0.3 is 18.3 Å². The molecular weight excluding hydrogens is 1280 g/mol. The fraction of sp³-hybridized carbons (Fsp3) is 0.315. The van der Waals surface area contributed by atoms with Crippen LogP contribution in [0.15, 0.2) is 285 Å². The Bertz CT molecular complexity index is 4070. The number of carbonyl (C=O) groups excluding carboxylic acids is 5. The highest BCUT2D eigenvalue weighted by molar-refractivity contribution is 5.92. The lowest BCUT2D eigenvalue weighted by molar-refractivity contribution is -0.124. The van der Waals surface area contributed by atoms with E-state index in [0.717, 1.165) is 64.6 Å². The molecule has 103 heavy (non-hydrogen) atoms. The number of hydrogen-bond acceptors (Lipinski definition) is 11. The van der Waals surface area contributed by atoms with Crippen molar-refractivity contribution in [1.29, 1.82) is 0 Å². The topological polar surface area (TPSA) is 175 Å². The number of likely N-dealkylation sites (tertiary alicyclic amines) is 2. The molecule has 0 radical (unpaired) electrons. The molecule has 0 aromatic heterocycles. The van der Waals surface area contributed by atoms with Gasteiger partial charge in [-0.15, -0.1) is 0 Å². The number of hydrogen-bond donors (Lipinski definition) is 3. The van der Waals surface area contributed by atoms with Crippen LogP contribution in [0.4, 0.5) is 14.4 Å². The summed E-state index contributed by atoms with van der Waals surface area (Å²) in [5.41, 5.74) is 8.40. The third-order valence-corrected chi connectivity index (χ3v) is 19.4. The van der Waals surface area contributed by atoms with Gasteiger partial charge in [0.05, 0.1) is 17.2 Å². The summed E-state index contributed by atoms with van der Waals surface area (Å²) >= 11 is 0. The summed E-state index contributed by atoms with van der Waals surface area (Å²) in [6.07, 6.45) is 9.90. The summed E-state index contributed by atoms with van der Waals surface area (Å²) in [6, 6.07) is 89.7. The highest BCUT2D eigenvalue weighted by Gasteiger charge is 2.45. The van der Waals surface area contributed by atoms with E-state index in [1.54, 1.807) is 4.90 Å².